The van der Waals surface area contributed by atoms with Gasteiger partial charge in [0.1, 0.15) is 48.7 Å². The van der Waals surface area contributed by atoms with E-state index in [-0.39, 0.29) is 38.5 Å². The van der Waals surface area contributed by atoms with Crippen LogP contribution in [0.4, 0.5) is 0 Å². The Labute approximate surface area is 803 Å². The summed E-state index contributed by atoms with van der Waals surface area (Å²) in [6, 6.07) is -4.00. The van der Waals surface area contributed by atoms with E-state index in [1.165, 1.54) is 44.9 Å². The molecule has 16 atom stereocenters. The summed E-state index contributed by atoms with van der Waals surface area (Å²) in [5.41, 5.74) is 4.58. The third kappa shape index (κ3) is 67.1. The minimum Gasteiger partial charge on any atom is -0.462 e. The summed E-state index contributed by atoms with van der Waals surface area (Å²) >= 11 is 0. The number of unbranched alkanes of at least 4 members (excludes halogenated alkanes) is 50. The Morgan fingerprint density at radius 1 is 0.376 bits per heavy atom. The minimum absolute atomic E-state index is 0.0688. The monoisotopic (exact) mass is 1960 g/mol. The van der Waals surface area contributed by atoms with Gasteiger partial charge in [-0.1, -0.05) is 375 Å². The number of rotatable bonds is 89. The fourth-order valence-corrected chi connectivity index (χ4v) is 20.4. The number of aliphatic hydroxyl groups is 3. The highest BCUT2D eigenvalue weighted by Gasteiger charge is 2.56. The topological polar surface area (TPSA) is 447 Å². The van der Waals surface area contributed by atoms with E-state index >= 15 is 9.59 Å². The zero-order valence-electron chi connectivity index (χ0n) is 84.3. The van der Waals surface area contributed by atoms with Gasteiger partial charge >= 0.3 is 47.1 Å². The summed E-state index contributed by atoms with van der Waals surface area (Å²) in [5, 5.41) is 41.1. The molecule has 2 aliphatic rings. The molecule has 11 N–H and O–H groups in total. The van der Waals surface area contributed by atoms with Crippen LogP contribution in [0.3, 0.4) is 0 Å². The molecular formula is C100H192N3O27P3. The second-order valence-electron chi connectivity index (χ2n) is 39.0. The Bertz CT molecular complexity index is 3080. The molecule has 33 heteroatoms. The maximum Gasteiger partial charge on any atom is 0.481 e. The van der Waals surface area contributed by atoms with Crippen molar-refractivity contribution in [2.45, 2.75) is 577 Å². The Kier molecular flexibility index (Phi) is 74.4. The molecule has 2 saturated heterocycles. The molecule has 6 unspecified atom stereocenters. The van der Waals surface area contributed by atoms with E-state index in [1.807, 2.05) is 0 Å². The van der Waals surface area contributed by atoms with Crippen LogP contribution in [0.25, 0.3) is 0 Å². The number of hydrogen-bond donors (Lipinski definition) is 10. The molecular weight excluding hydrogens is 1770 g/mol. The van der Waals surface area contributed by atoms with Gasteiger partial charge in [0.15, 0.2) is 24.8 Å². The second kappa shape index (κ2) is 78.5. The average Bonchev–Trinajstić information content (AvgIpc) is 0.776. The van der Waals surface area contributed by atoms with Crippen LogP contribution in [-0.4, -0.2) is 188 Å². The van der Waals surface area contributed by atoms with Crippen molar-refractivity contribution in [1.29, 1.82) is 0 Å². The molecule has 2 heterocycles. The smallest absolute Gasteiger partial charge is 0.462 e. The largest absolute Gasteiger partial charge is 0.481 e. The Balaban J connectivity index is 3.08. The van der Waals surface area contributed by atoms with Crippen molar-refractivity contribution in [3.05, 3.63) is 0 Å². The number of nitrogens with one attached hydrogen (secondary N) is 2. The molecule has 30 nitrogen and oxygen atoms in total. The quantitative estimate of drug-likeness (QED) is 0.0117. The van der Waals surface area contributed by atoms with Crippen LogP contribution in [0.1, 0.15) is 486 Å². The Morgan fingerprint density at radius 3 is 1.08 bits per heavy atom. The lowest BCUT2D eigenvalue weighted by Crippen LogP contribution is -2.68. The third-order valence-electron chi connectivity index (χ3n) is 25.0. The first-order valence-electron chi connectivity index (χ1n) is 53.2. The molecule has 2 amide bonds. The lowest BCUT2D eigenvalue weighted by Gasteiger charge is -2.47. The molecule has 0 aromatic heterocycles. The van der Waals surface area contributed by atoms with E-state index < -0.39 is 202 Å². The van der Waals surface area contributed by atoms with Crippen molar-refractivity contribution < 1.29 is 129 Å². The molecule has 2 aliphatic heterocycles. The van der Waals surface area contributed by atoms with E-state index in [0.29, 0.717) is 38.5 Å². The standard InChI is InChI=1S/C100H192N3O27P3/c1-10-16-22-28-34-40-41-47-53-59-65-71-89(109)123-83(69-63-57-51-45-38-32-26-20-14-5)77-91(111)127-97-93(103-87(107)76-82(68-62-56-50-44-37-31-25-19-13-4)122-88(108)70-64-58-52-46-39-33-27-21-15-6)98(125-85(79-121-100(7,8)9)95(97)128-132(115,116)117)120-78-84-94(112)96(126-90(110)75-81(105)67-61-55-49-43-36-30-24-18-12-3)92(99(124-84)129-133(118,119)130-131(113,114)73-72-101)102-86(106)74-80(104)66-60-54-48-42-35-29-23-17-11-2/h80-85,92-99,104-105,112H,10-79,101H2,1-9H3,(H,102,106)(H,103,107)(H,113,114)(H,118,119)(H2,115,116,117)/t80-,81-,82-,83-,84?,85?,92?,93?,94-,95-,96-,97-,98-,99-/m1/s1. The highest BCUT2D eigenvalue weighted by Crippen LogP contribution is 2.61. The molecule has 0 aromatic carbocycles. The van der Waals surface area contributed by atoms with Crippen molar-refractivity contribution in [1.82, 2.24) is 10.6 Å². The van der Waals surface area contributed by atoms with Gasteiger partial charge in [-0.2, -0.15) is 0 Å². The van der Waals surface area contributed by atoms with Crippen LogP contribution < -0.4 is 16.4 Å². The van der Waals surface area contributed by atoms with Crippen molar-refractivity contribution in [2.75, 3.05) is 25.9 Å². The van der Waals surface area contributed by atoms with E-state index in [9.17, 15) is 67.8 Å². The third-order valence-corrected chi connectivity index (χ3v) is 28.7. The number of amides is 2. The Morgan fingerprint density at radius 2 is 0.699 bits per heavy atom. The molecule has 0 aliphatic carbocycles. The van der Waals surface area contributed by atoms with Gasteiger partial charge in [0, 0.05) is 19.4 Å². The molecule has 0 bridgehead atoms. The molecule has 2 fully saturated rings. The lowest BCUT2D eigenvalue weighted by molar-refractivity contribution is -0.299. The Hall–Kier alpha value is -3.09. The molecule has 0 radical (unpaired) electrons. The van der Waals surface area contributed by atoms with Crippen LogP contribution >= 0.6 is 23.2 Å². The molecule has 784 valence electrons. The molecule has 2 rings (SSSR count). The van der Waals surface area contributed by atoms with Crippen molar-refractivity contribution in [3.63, 3.8) is 0 Å². The first-order chi connectivity index (χ1) is 63.7. The van der Waals surface area contributed by atoms with Gasteiger partial charge in [-0.15, -0.1) is 0 Å². The maximum absolute atomic E-state index is 15.5. The van der Waals surface area contributed by atoms with Gasteiger partial charge in [0.25, 0.3) is 0 Å². The van der Waals surface area contributed by atoms with Gasteiger partial charge in [-0.05, 0) is 72.1 Å². The average molecular weight is 1960 g/mol. The number of phosphoric acid groups is 2. The zero-order chi connectivity index (χ0) is 98.2. The van der Waals surface area contributed by atoms with Gasteiger partial charge in [-0.3, -0.25) is 42.4 Å². The summed E-state index contributed by atoms with van der Waals surface area (Å²) in [6.45, 7) is 15.9. The maximum atomic E-state index is 15.5. The predicted molar refractivity (Wildman–Crippen MR) is 522 cm³/mol. The van der Waals surface area contributed by atoms with Crippen LogP contribution in [0, 0.1) is 0 Å². The summed E-state index contributed by atoms with van der Waals surface area (Å²) in [5.74, 6) is -5.14. The van der Waals surface area contributed by atoms with Crippen molar-refractivity contribution >= 4 is 58.9 Å². The van der Waals surface area contributed by atoms with E-state index in [2.05, 4.69) is 52.2 Å². The number of carbonyl (C=O) groups is 6. The number of esters is 4. The van der Waals surface area contributed by atoms with Gasteiger partial charge < -0.3 is 89.2 Å². The fourth-order valence-electron chi connectivity index (χ4n) is 17.3. The molecule has 133 heavy (non-hydrogen) atoms. The van der Waals surface area contributed by atoms with Crippen molar-refractivity contribution in [3.8, 4) is 0 Å². The first kappa shape index (κ1) is 126. The van der Waals surface area contributed by atoms with Gasteiger partial charge in [0.2, 0.25) is 11.8 Å². The van der Waals surface area contributed by atoms with E-state index in [4.69, 9.17) is 57.0 Å². The highest BCUT2D eigenvalue weighted by molar-refractivity contribution is 7.64. The summed E-state index contributed by atoms with van der Waals surface area (Å²) in [6.07, 6.45) is 31.8. The van der Waals surface area contributed by atoms with E-state index in [0.717, 1.165) is 276 Å². The number of phosphoric ester groups is 2. The van der Waals surface area contributed by atoms with E-state index in [1.54, 1.807) is 20.8 Å². The van der Waals surface area contributed by atoms with Crippen LogP contribution in [-0.2, 0) is 93.7 Å². The highest BCUT2D eigenvalue weighted by atomic mass is 31.3. The molecule has 0 saturated carbocycles. The summed E-state index contributed by atoms with van der Waals surface area (Å²) in [4.78, 5) is 132. The second-order valence-corrected chi connectivity index (χ2v) is 43.7. The normalized spacial score (nSPS) is 20.7. The van der Waals surface area contributed by atoms with Crippen LogP contribution in [0.5, 0.6) is 0 Å². The number of hydrogen-bond acceptors (Lipinski definition) is 24. The summed E-state index contributed by atoms with van der Waals surface area (Å²) < 4.78 is 108. The zero-order valence-corrected chi connectivity index (χ0v) is 87.0. The lowest BCUT2D eigenvalue weighted by atomic mass is 9.95. The number of ether oxygens (including phenoxy) is 8. The summed E-state index contributed by atoms with van der Waals surface area (Å²) in [7, 11) is -16.8. The number of aliphatic hydroxyl groups excluding tert-OH is 3. The predicted octanol–water partition coefficient (Wildman–Crippen LogP) is 22.6. The van der Waals surface area contributed by atoms with Crippen molar-refractivity contribution in [2.24, 2.45) is 5.73 Å². The molecule has 0 aromatic rings. The van der Waals surface area contributed by atoms with Crippen LogP contribution in [0.2, 0.25) is 0 Å². The number of carbonyl (C=O) groups excluding carboxylic acids is 6. The number of nitrogens with two attached hydrogens (primary N) is 1. The van der Waals surface area contributed by atoms with Gasteiger partial charge in [0.05, 0.1) is 62.9 Å². The first-order valence-corrected chi connectivity index (χ1v) is 58.0. The SMILES string of the molecule is CCCCCCCCCCCCCC(=O)O[C@H](CCCCCCCCCCC)CC(=O)O[C@@H]1C(NC(=O)C[C@@H](CCCCCCCCCCC)OC(=O)CCCCCCCCCCC)[C@H](OCC2O[C@H](OP(=O)(O)OP(=O)(O)CCN)C(NC(=O)C[C@H](O)CCCCCCCCCCC)[C@@H](OC(=O)C[C@H](O)CCCCCCCCCCC)[C@@H]2O)OC(COC(C)(C)C)[C@H]1OP(=O)(O)O. The van der Waals surface area contributed by atoms with Crippen LogP contribution in [0.15, 0.2) is 0 Å². The minimum atomic E-state index is -5.93. The van der Waals surface area contributed by atoms with Gasteiger partial charge in [-0.25, -0.2) is 13.4 Å². The molecule has 0 spiro atoms. The fraction of sp³-hybridized carbons (Fsp3) is 0.940.